The lowest BCUT2D eigenvalue weighted by molar-refractivity contribution is 0.896. The minimum Gasteiger partial charge on any atom is -0.126 e. The quantitative estimate of drug-likeness (QED) is 0.380. The van der Waals surface area contributed by atoms with Crippen LogP contribution in [-0.4, -0.2) is 5.75 Å². The second kappa shape index (κ2) is 6.72. The highest BCUT2D eigenvalue weighted by molar-refractivity contribution is 7.99. The van der Waals surface area contributed by atoms with Gasteiger partial charge in [-0.3, -0.25) is 0 Å². The summed E-state index contributed by atoms with van der Waals surface area (Å²) in [6.45, 7) is 5.99. The molecule has 0 aliphatic rings. The maximum atomic E-state index is 3.75. The Kier molecular flexibility index (Phi) is 5.46. The van der Waals surface area contributed by atoms with E-state index in [9.17, 15) is 0 Å². The summed E-state index contributed by atoms with van der Waals surface area (Å²) >= 11 is 1.95. The topological polar surface area (TPSA) is 0 Å². The molecule has 0 aromatic heterocycles. The van der Waals surface area contributed by atoms with Gasteiger partial charge in [-0.15, -0.1) is 18.3 Å². The van der Waals surface area contributed by atoms with Crippen molar-refractivity contribution in [1.82, 2.24) is 0 Å². The minimum atomic E-state index is 0.974. The Morgan fingerprint density at radius 1 is 1.43 bits per heavy atom. The summed E-state index contributed by atoms with van der Waals surface area (Å²) in [4.78, 5) is 1.39. The fourth-order valence-electron chi connectivity index (χ4n) is 1.26. The first kappa shape index (κ1) is 11.4. The van der Waals surface area contributed by atoms with Gasteiger partial charge in [0, 0.05) is 4.90 Å². The van der Waals surface area contributed by atoms with Gasteiger partial charge in [0.2, 0.25) is 0 Å². The molecule has 0 nitrogen and oxygen atoms in total. The van der Waals surface area contributed by atoms with Crippen LogP contribution in [0.15, 0.2) is 41.8 Å². The van der Waals surface area contributed by atoms with Crippen molar-refractivity contribution in [3.05, 3.63) is 42.5 Å². The lowest BCUT2D eigenvalue weighted by Gasteiger charge is -2.02. The highest BCUT2D eigenvalue weighted by atomic mass is 32.2. The zero-order valence-corrected chi connectivity index (χ0v) is 9.65. The minimum absolute atomic E-state index is 0.974. The molecule has 1 aromatic carbocycles. The van der Waals surface area contributed by atoms with Gasteiger partial charge in [0.25, 0.3) is 0 Å². The lowest BCUT2D eigenvalue weighted by Crippen LogP contribution is -1.83. The van der Waals surface area contributed by atoms with E-state index in [2.05, 4.69) is 37.8 Å². The summed E-state index contributed by atoms with van der Waals surface area (Å²) in [5.74, 6) is 1.23. The van der Waals surface area contributed by atoms with Gasteiger partial charge in [-0.25, -0.2) is 0 Å². The van der Waals surface area contributed by atoms with Crippen LogP contribution in [0.5, 0.6) is 0 Å². The average molecular weight is 206 g/mol. The first-order valence-corrected chi connectivity index (χ1v) is 6.18. The molecule has 0 amide bonds. The Hall–Kier alpha value is -0.690. The van der Waals surface area contributed by atoms with Gasteiger partial charge in [-0.1, -0.05) is 31.6 Å². The van der Waals surface area contributed by atoms with Crippen LogP contribution in [0.1, 0.15) is 25.3 Å². The smallest absolute Gasteiger partial charge is 0.00747 e. The molecular formula is C13H18S. The van der Waals surface area contributed by atoms with E-state index in [1.165, 1.54) is 29.1 Å². The standard InChI is InChI=1S/C13H18S/c1-3-5-10-14-13-9-6-8-12(11-13)7-4-2/h4,6,8-9,11H,2-3,5,7,10H2,1H3. The van der Waals surface area contributed by atoms with Crippen molar-refractivity contribution < 1.29 is 0 Å². The number of rotatable bonds is 6. The summed E-state index contributed by atoms with van der Waals surface area (Å²) in [7, 11) is 0. The molecular weight excluding hydrogens is 188 g/mol. The lowest BCUT2D eigenvalue weighted by atomic mass is 10.2. The molecule has 76 valence electrons. The monoisotopic (exact) mass is 206 g/mol. The van der Waals surface area contributed by atoms with Gasteiger partial charge in [0.1, 0.15) is 0 Å². The van der Waals surface area contributed by atoms with E-state index in [0.717, 1.165) is 6.42 Å². The zero-order chi connectivity index (χ0) is 10.2. The van der Waals surface area contributed by atoms with Crippen molar-refractivity contribution >= 4 is 11.8 Å². The number of hydrogen-bond acceptors (Lipinski definition) is 1. The molecule has 0 aliphatic heterocycles. The summed E-state index contributed by atoms with van der Waals surface area (Å²) in [5, 5.41) is 0. The molecule has 0 N–H and O–H groups in total. The number of thioether (sulfide) groups is 1. The number of unbranched alkanes of at least 4 members (excludes halogenated alkanes) is 1. The second-order valence-electron chi connectivity index (χ2n) is 3.34. The van der Waals surface area contributed by atoms with Crippen LogP contribution in [0.2, 0.25) is 0 Å². The molecule has 14 heavy (non-hydrogen) atoms. The third-order valence-corrected chi connectivity index (χ3v) is 3.13. The molecule has 0 aliphatic carbocycles. The molecule has 1 heteroatoms. The zero-order valence-electron chi connectivity index (χ0n) is 8.83. The van der Waals surface area contributed by atoms with Gasteiger partial charge in [0.05, 0.1) is 0 Å². The van der Waals surface area contributed by atoms with E-state index in [-0.39, 0.29) is 0 Å². The summed E-state index contributed by atoms with van der Waals surface area (Å²) < 4.78 is 0. The second-order valence-corrected chi connectivity index (χ2v) is 4.51. The molecule has 1 aromatic rings. The molecule has 0 fully saturated rings. The van der Waals surface area contributed by atoms with Crippen molar-refractivity contribution in [2.24, 2.45) is 0 Å². The predicted molar refractivity (Wildman–Crippen MR) is 66.0 cm³/mol. The Balaban J connectivity index is 2.50. The van der Waals surface area contributed by atoms with E-state index in [1.54, 1.807) is 0 Å². The molecule has 0 radical (unpaired) electrons. The van der Waals surface area contributed by atoms with Crippen molar-refractivity contribution in [2.75, 3.05) is 5.75 Å². The molecule has 0 spiro atoms. The van der Waals surface area contributed by atoms with Gasteiger partial charge < -0.3 is 0 Å². The molecule has 0 unspecified atom stereocenters. The van der Waals surface area contributed by atoms with Crippen molar-refractivity contribution in [3.63, 3.8) is 0 Å². The van der Waals surface area contributed by atoms with Crippen LogP contribution in [0.25, 0.3) is 0 Å². The van der Waals surface area contributed by atoms with Crippen molar-refractivity contribution in [2.45, 2.75) is 31.1 Å². The molecule has 0 saturated carbocycles. The van der Waals surface area contributed by atoms with E-state index in [0.29, 0.717) is 0 Å². The highest BCUT2D eigenvalue weighted by Crippen LogP contribution is 2.20. The van der Waals surface area contributed by atoms with Gasteiger partial charge in [-0.2, -0.15) is 0 Å². The fourth-order valence-corrected chi connectivity index (χ4v) is 2.34. The Labute approximate surface area is 91.4 Å². The van der Waals surface area contributed by atoms with Crippen LogP contribution >= 0.6 is 11.8 Å². The maximum Gasteiger partial charge on any atom is 0.00747 e. The van der Waals surface area contributed by atoms with Crippen LogP contribution in [0.4, 0.5) is 0 Å². The SMILES string of the molecule is C=CCc1cccc(SCCCC)c1. The Bertz CT molecular complexity index is 278. The normalized spacial score (nSPS) is 10.1. The molecule has 0 saturated heterocycles. The summed E-state index contributed by atoms with van der Waals surface area (Å²) in [6.07, 6.45) is 5.51. The van der Waals surface area contributed by atoms with Gasteiger partial charge in [0.15, 0.2) is 0 Å². The van der Waals surface area contributed by atoms with Gasteiger partial charge >= 0.3 is 0 Å². The van der Waals surface area contributed by atoms with Gasteiger partial charge in [-0.05, 0) is 36.3 Å². The Morgan fingerprint density at radius 2 is 2.29 bits per heavy atom. The fraction of sp³-hybridized carbons (Fsp3) is 0.385. The number of hydrogen-bond donors (Lipinski definition) is 0. The highest BCUT2D eigenvalue weighted by Gasteiger charge is 1.95. The average Bonchev–Trinajstić information content (AvgIpc) is 2.19. The molecule has 0 bridgehead atoms. The van der Waals surface area contributed by atoms with E-state index >= 15 is 0 Å². The summed E-state index contributed by atoms with van der Waals surface area (Å²) in [6, 6.07) is 8.74. The van der Waals surface area contributed by atoms with Crippen LogP contribution in [0, 0.1) is 0 Å². The molecule has 1 rings (SSSR count). The van der Waals surface area contributed by atoms with Crippen LogP contribution in [-0.2, 0) is 6.42 Å². The van der Waals surface area contributed by atoms with E-state index in [4.69, 9.17) is 0 Å². The largest absolute Gasteiger partial charge is 0.126 e. The number of benzene rings is 1. The molecule has 0 atom stereocenters. The Morgan fingerprint density at radius 3 is 3.00 bits per heavy atom. The van der Waals surface area contributed by atoms with Crippen LogP contribution < -0.4 is 0 Å². The predicted octanol–water partition coefficient (Wildman–Crippen LogP) is 4.31. The van der Waals surface area contributed by atoms with Crippen molar-refractivity contribution in [3.8, 4) is 0 Å². The third-order valence-electron chi connectivity index (χ3n) is 2.05. The third kappa shape index (κ3) is 4.01. The van der Waals surface area contributed by atoms with Crippen molar-refractivity contribution in [1.29, 1.82) is 0 Å². The first-order chi connectivity index (χ1) is 6.86. The number of allylic oxidation sites excluding steroid dienone is 1. The van der Waals surface area contributed by atoms with E-state index < -0.39 is 0 Å². The summed E-state index contributed by atoms with van der Waals surface area (Å²) in [5.41, 5.74) is 1.36. The molecule has 0 heterocycles. The maximum absolute atomic E-state index is 3.75. The van der Waals surface area contributed by atoms with Crippen LogP contribution in [0.3, 0.4) is 0 Å². The first-order valence-electron chi connectivity index (χ1n) is 5.19. The van der Waals surface area contributed by atoms with E-state index in [1.807, 2.05) is 17.8 Å².